The topological polar surface area (TPSA) is 81.9 Å². The van der Waals surface area contributed by atoms with Crippen LogP contribution in [0.2, 0.25) is 5.02 Å². The van der Waals surface area contributed by atoms with Crippen molar-refractivity contribution in [1.29, 1.82) is 0 Å². The summed E-state index contributed by atoms with van der Waals surface area (Å²) in [5.74, 6) is -0.472. The molecule has 2 aromatic carbocycles. The number of fused-ring (bicyclic) bond motifs is 1. The number of hydrogen-bond donors (Lipinski definition) is 1. The van der Waals surface area contributed by atoms with Crippen LogP contribution < -0.4 is 10.1 Å². The Morgan fingerprint density at radius 3 is 2.75 bits per heavy atom. The summed E-state index contributed by atoms with van der Waals surface area (Å²) in [5.41, 5.74) is 1.05. The third-order valence-electron chi connectivity index (χ3n) is 5.72. The van der Waals surface area contributed by atoms with Gasteiger partial charge in [0.25, 0.3) is 5.91 Å². The Kier molecular flexibility index (Phi) is 7.00. The zero-order chi connectivity index (χ0) is 26.2. The van der Waals surface area contributed by atoms with Crippen molar-refractivity contribution in [1.82, 2.24) is 25.1 Å². The Labute approximate surface area is 213 Å². The van der Waals surface area contributed by atoms with E-state index in [1.807, 2.05) is 25.1 Å². The number of nitrogens with one attached hydrogen (secondary N) is 1. The number of rotatable bonds is 7. The van der Waals surface area contributed by atoms with E-state index in [0.29, 0.717) is 22.7 Å². The largest absolute Gasteiger partial charge is 0.487 e. The first-order chi connectivity index (χ1) is 17.0. The zero-order valence-electron chi connectivity index (χ0n) is 20.1. The van der Waals surface area contributed by atoms with Gasteiger partial charge in [-0.25, -0.2) is 23.4 Å². The Bertz CT molecular complexity index is 1460. The monoisotopic (exact) mass is 509 g/mol. The first kappa shape index (κ1) is 25.6. The quantitative estimate of drug-likeness (QED) is 0.370. The second-order valence-electron chi connectivity index (χ2n) is 8.68. The molecule has 1 amide bonds. The molecule has 2 atom stereocenters. The highest BCUT2D eigenvalue weighted by Gasteiger charge is 2.29. The van der Waals surface area contributed by atoms with Crippen LogP contribution in [0.3, 0.4) is 0 Å². The average Bonchev–Trinajstić information content (AvgIpc) is 3.22. The van der Waals surface area contributed by atoms with Crippen molar-refractivity contribution in [2.45, 2.75) is 39.0 Å². The molecule has 4 rings (SSSR count). The summed E-state index contributed by atoms with van der Waals surface area (Å²) in [6.45, 7) is 4.26. The number of para-hydroxylation sites is 1. The van der Waals surface area contributed by atoms with Gasteiger partial charge in [0.05, 0.1) is 5.02 Å². The lowest BCUT2D eigenvalue weighted by atomic mass is 9.72. The summed E-state index contributed by atoms with van der Waals surface area (Å²) >= 11 is 6.36. The van der Waals surface area contributed by atoms with Gasteiger partial charge in [0.15, 0.2) is 12.0 Å². The number of aromatic nitrogens is 4. The van der Waals surface area contributed by atoms with Gasteiger partial charge in [-0.15, -0.1) is 0 Å². The van der Waals surface area contributed by atoms with E-state index in [9.17, 15) is 13.6 Å². The number of carbonyl (C=O) groups excluding carboxylic acids is 1. The minimum Gasteiger partial charge on any atom is -0.487 e. The van der Waals surface area contributed by atoms with Crippen molar-refractivity contribution >= 4 is 36.3 Å². The molecule has 0 aliphatic carbocycles. The molecule has 0 bridgehead atoms. The Balaban J connectivity index is 1.74. The van der Waals surface area contributed by atoms with Crippen LogP contribution in [0.1, 0.15) is 30.7 Å². The van der Waals surface area contributed by atoms with Crippen LogP contribution in [0.15, 0.2) is 42.7 Å². The van der Waals surface area contributed by atoms with Gasteiger partial charge >= 0.3 is 0 Å². The standard InChI is InChI=1S/C25H23BClF2N5O2/c1-13-8-17(23-30-12-31-34(23)4)16-6-5-7-21(22(16)32-13)36-11-18-19(9-15(29)10-20(18)27)25(3,26)33-24(35)14(2)28/h5-10,12,14H,11H2,1-4H3,(H,33,35)/t14-,25+/m1/s1. The van der Waals surface area contributed by atoms with Crippen LogP contribution in [0, 0.1) is 12.7 Å². The van der Waals surface area contributed by atoms with Gasteiger partial charge in [-0.1, -0.05) is 23.7 Å². The number of amides is 1. The summed E-state index contributed by atoms with van der Waals surface area (Å²) in [4.78, 5) is 21.0. The van der Waals surface area contributed by atoms with E-state index in [4.69, 9.17) is 24.2 Å². The molecule has 2 heterocycles. The Morgan fingerprint density at radius 1 is 1.33 bits per heavy atom. The molecule has 7 nitrogen and oxygen atoms in total. The molecule has 1 N–H and O–H groups in total. The number of halogens is 3. The van der Waals surface area contributed by atoms with Gasteiger partial charge in [0, 0.05) is 34.7 Å². The summed E-state index contributed by atoms with van der Waals surface area (Å²) in [5, 5.41) is 7.39. The van der Waals surface area contributed by atoms with Crippen LogP contribution in [-0.2, 0) is 23.9 Å². The molecule has 36 heavy (non-hydrogen) atoms. The maximum atomic E-state index is 14.3. The highest BCUT2D eigenvalue weighted by molar-refractivity contribution is 6.31. The SMILES string of the molecule is [B][C@@](C)(NC(=O)[C@@H](C)F)c1cc(F)cc(Cl)c1COc1cccc2c(-c3ncnn3C)cc(C)nc12. The molecule has 2 aromatic heterocycles. The van der Waals surface area contributed by atoms with Crippen LogP contribution in [0.4, 0.5) is 8.78 Å². The zero-order valence-corrected chi connectivity index (χ0v) is 20.9. The molecular weight excluding hydrogens is 487 g/mol. The number of benzene rings is 2. The van der Waals surface area contributed by atoms with Gasteiger partial charge in [-0.2, -0.15) is 5.10 Å². The molecular formula is C25H23BClF2N5O2. The van der Waals surface area contributed by atoms with Gasteiger partial charge in [-0.3, -0.25) is 4.79 Å². The molecule has 0 saturated heterocycles. The predicted octanol–water partition coefficient (Wildman–Crippen LogP) is 4.53. The summed E-state index contributed by atoms with van der Waals surface area (Å²) in [7, 11) is 8.08. The number of carbonyl (C=O) groups is 1. The first-order valence-corrected chi connectivity index (χ1v) is 11.5. The first-order valence-electron chi connectivity index (χ1n) is 11.1. The number of hydrogen-bond acceptors (Lipinski definition) is 5. The maximum absolute atomic E-state index is 14.3. The van der Waals surface area contributed by atoms with Gasteiger partial charge < -0.3 is 10.1 Å². The lowest BCUT2D eigenvalue weighted by Crippen LogP contribution is -2.47. The fourth-order valence-electron chi connectivity index (χ4n) is 3.98. The van der Waals surface area contributed by atoms with Crippen molar-refractivity contribution in [2.24, 2.45) is 7.05 Å². The van der Waals surface area contributed by atoms with Gasteiger partial charge in [-0.05, 0) is 50.6 Å². The number of ether oxygens (including phenoxy) is 1. The molecule has 0 saturated carbocycles. The highest BCUT2D eigenvalue weighted by Crippen LogP contribution is 2.34. The number of pyridine rings is 1. The van der Waals surface area contributed by atoms with Crippen molar-refractivity contribution in [3.8, 4) is 17.1 Å². The smallest absolute Gasteiger partial charge is 0.254 e. The molecule has 0 fully saturated rings. The van der Waals surface area contributed by atoms with Crippen molar-refractivity contribution in [2.75, 3.05) is 0 Å². The second-order valence-corrected chi connectivity index (χ2v) is 9.09. The van der Waals surface area contributed by atoms with E-state index >= 15 is 0 Å². The molecule has 0 unspecified atom stereocenters. The van der Waals surface area contributed by atoms with Crippen molar-refractivity contribution in [3.63, 3.8) is 0 Å². The highest BCUT2D eigenvalue weighted by atomic mass is 35.5. The van der Waals surface area contributed by atoms with Crippen molar-refractivity contribution < 1.29 is 18.3 Å². The van der Waals surface area contributed by atoms with E-state index < -0.39 is 23.3 Å². The number of aryl methyl sites for hydroxylation is 2. The lowest BCUT2D eigenvalue weighted by Gasteiger charge is -2.31. The average molecular weight is 510 g/mol. The molecule has 11 heteroatoms. The second kappa shape index (κ2) is 9.85. The van der Waals surface area contributed by atoms with E-state index in [1.54, 1.807) is 17.8 Å². The van der Waals surface area contributed by atoms with Gasteiger partial charge in [0.1, 0.15) is 37.9 Å². The fraction of sp³-hybridized carbons (Fsp3) is 0.280. The molecule has 184 valence electrons. The van der Waals surface area contributed by atoms with Crippen molar-refractivity contribution in [3.05, 3.63) is 70.4 Å². The summed E-state index contributed by atoms with van der Waals surface area (Å²) in [6.07, 6.45) is -0.327. The van der Waals surface area contributed by atoms with Crippen LogP contribution in [-0.4, -0.2) is 39.7 Å². The van der Waals surface area contributed by atoms with Gasteiger partial charge in [0.2, 0.25) is 0 Å². The molecule has 2 radical (unpaired) electrons. The minimum atomic E-state index is -1.80. The Hall–Kier alpha value is -3.53. The molecule has 0 aliphatic heterocycles. The normalized spacial score (nSPS) is 13.9. The molecule has 0 aliphatic rings. The predicted molar refractivity (Wildman–Crippen MR) is 134 cm³/mol. The van der Waals surface area contributed by atoms with Crippen LogP contribution in [0.25, 0.3) is 22.3 Å². The lowest BCUT2D eigenvalue weighted by molar-refractivity contribution is -0.126. The van der Waals surface area contributed by atoms with Crippen LogP contribution >= 0.6 is 11.6 Å². The van der Waals surface area contributed by atoms with E-state index in [-0.39, 0.29) is 17.2 Å². The maximum Gasteiger partial charge on any atom is 0.254 e. The number of nitrogens with zero attached hydrogens (tertiary/aromatic N) is 4. The molecule has 0 spiro atoms. The van der Waals surface area contributed by atoms with E-state index in [1.165, 1.54) is 13.3 Å². The summed E-state index contributed by atoms with van der Waals surface area (Å²) < 4.78 is 35.6. The van der Waals surface area contributed by atoms with Crippen LogP contribution in [0.5, 0.6) is 5.75 Å². The number of alkyl halides is 1. The summed E-state index contributed by atoms with van der Waals surface area (Å²) in [6, 6.07) is 9.65. The third-order valence-corrected chi connectivity index (χ3v) is 6.06. The van der Waals surface area contributed by atoms with E-state index in [0.717, 1.165) is 35.7 Å². The third kappa shape index (κ3) is 5.04. The minimum absolute atomic E-state index is 0.0494. The Morgan fingerprint density at radius 2 is 2.08 bits per heavy atom. The fourth-order valence-corrected chi connectivity index (χ4v) is 4.24. The molecule has 4 aromatic rings. The van der Waals surface area contributed by atoms with E-state index in [2.05, 4.69) is 20.4 Å².